The molecule has 2 bridgehead atoms. The first kappa shape index (κ1) is 15.3. The summed E-state index contributed by atoms with van der Waals surface area (Å²) in [5, 5.41) is 0. The van der Waals surface area contributed by atoms with Crippen molar-refractivity contribution < 1.29 is 19.1 Å². The third kappa shape index (κ3) is 1.96. The molecule has 3 atom stereocenters. The molecule has 0 aliphatic heterocycles. The van der Waals surface area contributed by atoms with Crippen molar-refractivity contribution in [2.24, 2.45) is 23.2 Å². The number of allylic oxidation sites excluding steroid dienone is 2. The van der Waals surface area contributed by atoms with Crippen LogP contribution in [-0.4, -0.2) is 26.0 Å². The maximum atomic E-state index is 12.7. The number of ether oxygens (including phenoxy) is 2. The van der Waals surface area contributed by atoms with Gasteiger partial charge in [-0.15, -0.1) is 0 Å². The number of methoxy groups -OCH3 is 2. The van der Waals surface area contributed by atoms with Crippen LogP contribution in [0.5, 0.6) is 0 Å². The molecule has 0 heterocycles. The summed E-state index contributed by atoms with van der Waals surface area (Å²) in [6.45, 7) is 4.20. The topological polar surface area (TPSA) is 52.6 Å². The van der Waals surface area contributed by atoms with Gasteiger partial charge in [0, 0.05) is 12.0 Å². The van der Waals surface area contributed by atoms with E-state index in [-0.39, 0.29) is 17.6 Å². The largest absolute Gasteiger partial charge is 0.501 e. The smallest absolute Gasteiger partial charge is 0.323 e. The van der Waals surface area contributed by atoms with Crippen molar-refractivity contribution in [3.05, 3.63) is 24.0 Å². The Kier molecular flexibility index (Phi) is 3.87. The lowest BCUT2D eigenvalue weighted by molar-refractivity contribution is -0.154. The second kappa shape index (κ2) is 5.56. The van der Waals surface area contributed by atoms with Crippen LogP contribution in [0.3, 0.4) is 0 Å². The van der Waals surface area contributed by atoms with Gasteiger partial charge >= 0.3 is 5.97 Å². The number of ketones is 1. The number of hydrogen-bond acceptors (Lipinski definition) is 4. The van der Waals surface area contributed by atoms with E-state index in [1.54, 1.807) is 7.11 Å². The van der Waals surface area contributed by atoms with Crippen LogP contribution in [0.15, 0.2) is 24.0 Å². The van der Waals surface area contributed by atoms with Gasteiger partial charge in [-0.3, -0.25) is 9.59 Å². The highest BCUT2D eigenvalue weighted by molar-refractivity contribution is 6.13. The van der Waals surface area contributed by atoms with Crippen molar-refractivity contribution >= 4 is 11.8 Å². The summed E-state index contributed by atoms with van der Waals surface area (Å²) in [6.07, 6.45) is 7.94. The van der Waals surface area contributed by atoms with E-state index >= 15 is 0 Å². The van der Waals surface area contributed by atoms with E-state index in [4.69, 9.17) is 9.47 Å². The number of rotatable bonds is 3. The molecule has 120 valence electrons. The monoisotopic (exact) mass is 304 g/mol. The Morgan fingerprint density at radius 1 is 1.27 bits per heavy atom. The molecule has 3 unspecified atom stereocenters. The number of carbonyl (C=O) groups is 2. The summed E-state index contributed by atoms with van der Waals surface area (Å²) in [5.74, 6) is 0.739. The van der Waals surface area contributed by atoms with Crippen molar-refractivity contribution in [2.75, 3.05) is 14.2 Å². The van der Waals surface area contributed by atoms with E-state index in [2.05, 4.69) is 6.58 Å². The molecular weight excluding hydrogens is 280 g/mol. The van der Waals surface area contributed by atoms with Gasteiger partial charge in [-0.25, -0.2) is 0 Å². The van der Waals surface area contributed by atoms with Crippen molar-refractivity contribution in [1.29, 1.82) is 0 Å². The molecule has 0 amide bonds. The molecule has 0 N–H and O–H groups in total. The number of hydrogen-bond donors (Lipinski definition) is 0. The van der Waals surface area contributed by atoms with Gasteiger partial charge in [0.05, 0.1) is 14.2 Å². The maximum absolute atomic E-state index is 12.7. The number of fused-ring (bicyclic) bond motifs is 2. The molecule has 0 aromatic rings. The first-order valence-corrected chi connectivity index (χ1v) is 8.14. The van der Waals surface area contributed by atoms with Gasteiger partial charge in [-0.2, -0.15) is 0 Å². The van der Waals surface area contributed by atoms with Crippen LogP contribution in [0.4, 0.5) is 0 Å². The zero-order valence-corrected chi connectivity index (χ0v) is 13.4. The zero-order valence-electron chi connectivity index (χ0n) is 13.4. The Morgan fingerprint density at radius 3 is 2.55 bits per heavy atom. The molecule has 4 heteroatoms. The van der Waals surface area contributed by atoms with Gasteiger partial charge in [-0.1, -0.05) is 25.8 Å². The summed E-state index contributed by atoms with van der Waals surface area (Å²) in [4.78, 5) is 25.1. The van der Waals surface area contributed by atoms with Crippen LogP contribution in [0, 0.1) is 23.2 Å². The summed E-state index contributed by atoms with van der Waals surface area (Å²) >= 11 is 0. The molecule has 3 aliphatic carbocycles. The Labute approximate surface area is 131 Å². The van der Waals surface area contributed by atoms with E-state index < -0.39 is 11.4 Å². The minimum absolute atomic E-state index is 0.0809. The highest BCUT2D eigenvalue weighted by Crippen LogP contribution is 2.59. The van der Waals surface area contributed by atoms with Crippen LogP contribution >= 0.6 is 0 Å². The fraction of sp³-hybridized carbons (Fsp3) is 0.667. The minimum Gasteiger partial charge on any atom is -0.501 e. The lowest BCUT2D eigenvalue weighted by Crippen LogP contribution is -2.40. The Balaban J connectivity index is 2.03. The maximum Gasteiger partial charge on any atom is 0.323 e. The molecule has 0 saturated heterocycles. The van der Waals surface area contributed by atoms with Crippen molar-refractivity contribution in [1.82, 2.24) is 0 Å². The Hall–Kier alpha value is -1.58. The van der Waals surface area contributed by atoms with E-state index in [0.717, 1.165) is 18.4 Å². The molecule has 2 fully saturated rings. The average molecular weight is 304 g/mol. The number of carbonyl (C=O) groups excluding carboxylic acids is 2. The molecule has 0 spiro atoms. The zero-order chi connectivity index (χ0) is 15.9. The lowest BCUT2D eigenvalue weighted by Gasteiger charge is -2.32. The highest BCUT2D eigenvalue weighted by atomic mass is 16.5. The Bertz CT molecular complexity index is 541. The molecular formula is C18H24O4. The van der Waals surface area contributed by atoms with Crippen LogP contribution < -0.4 is 0 Å². The van der Waals surface area contributed by atoms with Crippen LogP contribution in [-0.2, 0) is 19.1 Å². The van der Waals surface area contributed by atoms with E-state index in [1.807, 2.05) is 0 Å². The second-order valence-electron chi connectivity index (χ2n) is 6.77. The quantitative estimate of drug-likeness (QED) is 0.457. The lowest BCUT2D eigenvalue weighted by atomic mass is 9.72. The molecule has 0 aromatic carbocycles. The minimum atomic E-state index is -1.18. The molecule has 0 aromatic heterocycles. The SMILES string of the molecule is C=C1C(C2CCCCC2)C2CC1(C(=O)OC)C(=O)C=C2OC. The van der Waals surface area contributed by atoms with Crippen molar-refractivity contribution in [2.45, 2.75) is 38.5 Å². The van der Waals surface area contributed by atoms with E-state index in [1.165, 1.54) is 32.4 Å². The van der Waals surface area contributed by atoms with E-state index in [9.17, 15) is 9.59 Å². The predicted octanol–water partition coefficient (Wildman–Crippen LogP) is 3.03. The van der Waals surface area contributed by atoms with Crippen molar-refractivity contribution in [3.63, 3.8) is 0 Å². The second-order valence-corrected chi connectivity index (χ2v) is 6.77. The highest BCUT2D eigenvalue weighted by Gasteiger charge is 2.62. The Morgan fingerprint density at radius 2 is 1.95 bits per heavy atom. The number of esters is 1. The van der Waals surface area contributed by atoms with Gasteiger partial charge in [-0.05, 0) is 36.7 Å². The van der Waals surface area contributed by atoms with Gasteiger partial charge in [0.15, 0.2) is 11.2 Å². The molecule has 2 saturated carbocycles. The van der Waals surface area contributed by atoms with Gasteiger partial charge in [0.1, 0.15) is 5.76 Å². The fourth-order valence-corrected chi connectivity index (χ4v) is 4.82. The van der Waals surface area contributed by atoms with Gasteiger partial charge < -0.3 is 9.47 Å². The predicted molar refractivity (Wildman–Crippen MR) is 81.9 cm³/mol. The molecule has 0 radical (unpaired) electrons. The molecule has 3 aliphatic rings. The van der Waals surface area contributed by atoms with Crippen LogP contribution in [0.2, 0.25) is 0 Å². The van der Waals surface area contributed by atoms with Gasteiger partial charge in [0.25, 0.3) is 0 Å². The molecule has 3 rings (SSSR count). The third-order valence-electron chi connectivity index (χ3n) is 5.90. The molecule has 4 nitrogen and oxygen atoms in total. The summed E-state index contributed by atoms with van der Waals surface area (Å²) in [6, 6.07) is 0. The van der Waals surface area contributed by atoms with Crippen LogP contribution in [0.25, 0.3) is 0 Å². The first-order valence-electron chi connectivity index (χ1n) is 8.14. The first-order chi connectivity index (χ1) is 10.6. The van der Waals surface area contributed by atoms with Crippen LogP contribution in [0.1, 0.15) is 38.5 Å². The summed E-state index contributed by atoms with van der Waals surface area (Å²) in [7, 11) is 2.94. The summed E-state index contributed by atoms with van der Waals surface area (Å²) < 4.78 is 10.4. The fourth-order valence-electron chi connectivity index (χ4n) is 4.82. The normalized spacial score (nSPS) is 35.3. The average Bonchev–Trinajstić information content (AvgIpc) is 2.82. The third-order valence-corrected chi connectivity index (χ3v) is 5.90. The van der Waals surface area contributed by atoms with Gasteiger partial charge in [0.2, 0.25) is 0 Å². The standard InChI is InChI=1S/C18H24O4/c1-11-16(12-7-5-4-6-8-12)13-10-18(11,17(20)22-3)15(19)9-14(13)21-2/h9,12-13,16H,1,4-8,10H2,2-3H3. The van der Waals surface area contributed by atoms with Crippen molar-refractivity contribution in [3.8, 4) is 0 Å². The summed E-state index contributed by atoms with van der Waals surface area (Å²) in [5.41, 5.74) is -0.423. The molecule has 22 heavy (non-hydrogen) atoms. The van der Waals surface area contributed by atoms with E-state index in [0.29, 0.717) is 18.1 Å².